The third kappa shape index (κ3) is 15.9. The Morgan fingerprint density at radius 2 is 1.58 bits per heavy atom. The fraction of sp³-hybridized carbons (Fsp3) is 0.509. The maximum atomic E-state index is 15.2. The van der Waals surface area contributed by atoms with Crippen molar-refractivity contribution in [2.24, 2.45) is 18.9 Å². The van der Waals surface area contributed by atoms with Crippen LogP contribution in [0.1, 0.15) is 117 Å². The number of likely N-dealkylation sites (tertiary alicyclic amines) is 1. The lowest BCUT2D eigenvalue weighted by molar-refractivity contribution is -0.960. The highest BCUT2D eigenvalue weighted by molar-refractivity contribution is 7.99. The summed E-state index contributed by atoms with van der Waals surface area (Å²) in [7, 11) is 1.87. The molecule has 0 saturated carbocycles. The van der Waals surface area contributed by atoms with Crippen LogP contribution in [0.3, 0.4) is 0 Å². The highest BCUT2D eigenvalue weighted by Gasteiger charge is 2.45. The van der Waals surface area contributed by atoms with Crippen molar-refractivity contribution in [3.63, 3.8) is 0 Å². The van der Waals surface area contributed by atoms with E-state index in [1.54, 1.807) is 45.3 Å². The molecule has 2 saturated heterocycles. The third-order valence-corrected chi connectivity index (χ3v) is 15.9. The van der Waals surface area contributed by atoms with Crippen molar-refractivity contribution in [2.75, 3.05) is 48.8 Å². The molecule has 2 fully saturated rings. The van der Waals surface area contributed by atoms with Gasteiger partial charge in [-0.2, -0.15) is 26.3 Å². The van der Waals surface area contributed by atoms with E-state index in [9.17, 15) is 41.9 Å². The highest BCUT2D eigenvalue weighted by Crippen LogP contribution is 2.43. The number of alkyl halides is 6. The SMILES string of the molecule is CCSc1cc(C2(Cc3nncn3C)COC2)cc(N2Cc3c(cc(C[N+]4(Cc5ccc(NC(=O)[C@H](C)NC(=O)[C@@H](NC(=O)CCCCCN6C(=O)C=CC6=O)C(C)C)cc5)CCC[C@H](C)C4)cc3C(F)(F)F)C2=O)n1.O=C([O-])C(F)(F)F. The van der Waals surface area contributed by atoms with Gasteiger partial charge in [-0.25, -0.2) is 4.98 Å². The van der Waals surface area contributed by atoms with E-state index in [0.29, 0.717) is 91.0 Å². The number of ether oxygens (including phenoxy) is 1. The number of unbranched alkanes of at least 4 members (excludes halogenated alkanes) is 2. The van der Waals surface area contributed by atoms with Crippen LogP contribution < -0.4 is 26.0 Å². The van der Waals surface area contributed by atoms with Gasteiger partial charge < -0.3 is 39.6 Å². The van der Waals surface area contributed by atoms with Gasteiger partial charge in [0.25, 0.3) is 17.7 Å². The van der Waals surface area contributed by atoms with Crippen LogP contribution in [-0.2, 0) is 78.2 Å². The minimum Gasteiger partial charge on any atom is -0.542 e. The van der Waals surface area contributed by atoms with Crippen molar-refractivity contribution in [2.45, 2.75) is 134 Å². The number of quaternary nitrogens is 1. The van der Waals surface area contributed by atoms with Crippen LogP contribution in [0.5, 0.6) is 0 Å². The van der Waals surface area contributed by atoms with E-state index in [1.807, 2.05) is 42.8 Å². The number of hydrogen-bond donors (Lipinski definition) is 3. The Morgan fingerprint density at radius 3 is 2.16 bits per heavy atom. The van der Waals surface area contributed by atoms with Crippen molar-refractivity contribution in [3.05, 3.63) is 106 Å². The number of nitrogens with zero attached hydrogens (tertiary/aromatic N) is 7. The summed E-state index contributed by atoms with van der Waals surface area (Å²) in [5, 5.41) is 26.1. The number of carbonyl (C=O) groups excluding carboxylic acids is 7. The number of pyridine rings is 1. The second-order valence-corrected chi connectivity index (χ2v) is 23.4. The predicted octanol–water partition coefficient (Wildman–Crippen LogP) is 6.33. The van der Waals surface area contributed by atoms with Gasteiger partial charge in [0.15, 0.2) is 0 Å². The number of aryl methyl sites for hydroxylation is 1. The van der Waals surface area contributed by atoms with Gasteiger partial charge in [0, 0.05) is 72.3 Å². The Kier molecular flexibility index (Phi) is 20.3. The van der Waals surface area contributed by atoms with Gasteiger partial charge in [-0.1, -0.05) is 46.2 Å². The minimum absolute atomic E-state index is 0.0235. The van der Waals surface area contributed by atoms with Crippen LogP contribution in [0.15, 0.2) is 72.0 Å². The van der Waals surface area contributed by atoms with E-state index in [-0.39, 0.29) is 66.6 Å². The molecule has 6 heterocycles. The summed E-state index contributed by atoms with van der Waals surface area (Å²) >= 11 is 1.49. The first-order valence-corrected chi connectivity index (χ1v) is 28.4. The average Bonchev–Trinajstić information content (AvgIpc) is 2.34. The van der Waals surface area contributed by atoms with E-state index >= 15 is 13.2 Å². The van der Waals surface area contributed by atoms with Crippen molar-refractivity contribution < 1.29 is 74.2 Å². The quantitative estimate of drug-likeness (QED) is 0.0257. The van der Waals surface area contributed by atoms with Gasteiger partial charge in [0.1, 0.15) is 49.1 Å². The minimum atomic E-state index is -5.19. The summed E-state index contributed by atoms with van der Waals surface area (Å²) in [4.78, 5) is 93.8. The Balaban J connectivity index is 0.00000133. The number of imide groups is 1. The number of hydrogen-bond acceptors (Lipinski definition) is 13. The van der Waals surface area contributed by atoms with Gasteiger partial charge in [0.05, 0.1) is 43.4 Å². The molecule has 3 N–H and O–H groups in total. The molecule has 4 aliphatic heterocycles. The van der Waals surface area contributed by atoms with E-state index in [2.05, 4.69) is 33.1 Å². The maximum absolute atomic E-state index is 15.2. The molecule has 448 valence electrons. The molecular weight excluding hydrogens is 1110 g/mol. The first-order chi connectivity index (χ1) is 39.1. The summed E-state index contributed by atoms with van der Waals surface area (Å²) in [6.45, 7) is 12.3. The molecule has 0 radical (unpaired) electrons. The van der Waals surface area contributed by atoms with Crippen LogP contribution in [0.25, 0.3) is 0 Å². The third-order valence-electron chi connectivity index (χ3n) is 15.2. The molecular formula is C57H68F6N10O9S. The molecule has 4 aliphatic rings. The zero-order chi connectivity index (χ0) is 60.6. The fourth-order valence-electron chi connectivity index (χ4n) is 10.9. The molecule has 83 heavy (non-hydrogen) atoms. The molecule has 0 bridgehead atoms. The summed E-state index contributed by atoms with van der Waals surface area (Å²) in [6.07, 6.45) is -1.66. The van der Waals surface area contributed by atoms with E-state index in [1.165, 1.54) is 34.9 Å². The Morgan fingerprint density at radius 1 is 0.904 bits per heavy atom. The van der Waals surface area contributed by atoms with Gasteiger partial charge in [-0.15, -0.1) is 22.0 Å². The fourth-order valence-corrected chi connectivity index (χ4v) is 11.5. The molecule has 26 heteroatoms. The summed E-state index contributed by atoms with van der Waals surface area (Å²) in [6, 6.07) is 12.1. The second-order valence-electron chi connectivity index (χ2n) is 22.1. The van der Waals surface area contributed by atoms with Crippen LogP contribution in [0.4, 0.5) is 37.8 Å². The molecule has 0 aliphatic carbocycles. The van der Waals surface area contributed by atoms with Gasteiger partial charge in [-0.3, -0.25) is 38.6 Å². The molecule has 8 rings (SSSR count). The number of amides is 6. The predicted molar refractivity (Wildman–Crippen MR) is 290 cm³/mol. The Hall–Kier alpha value is -7.19. The number of carboxylic acids is 1. The number of halogens is 6. The first kappa shape index (κ1) is 63.4. The number of carbonyl (C=O) groups is 7. The second kappa shape index (κ2) is 26.6. The monoisotopic (exact) mass is 1180 g/mol. The lowest BCUT2D eigenvalue weighted by Crippen LogP contribution is -2.53. The number of aliphatic carboxylic acids is 1. The lowest BCUT2D eigenvalue weighted by atomic mass is 9.76. The van der Waals surface area contributed by atoms with E-state index in [4.69, 9.17) is 19.6 Å². The zero-order valence-electron chi connectivity index (χ0n) is 47.0. The van der Waals surface area contributed by atoms with Crippen molar-refractivity contribution in [1.29, 1.82) is 0 Å². The number of aromatic nitrogens is 4. The van der Waals surface area contributed by atoms with Crippen LogP contribution >= 0.6 is 11.8 Å². The number of anilines is 2. The zero-order valence-corrected chi connectivity index (χ0v) is 47.8. The van der Waals surface area contributed by atoms with E-state index in [0.717, 1.165) is 34.7 Å². The molecule has 6 amide bonds. The normalized spacial score (nSPS) is 19.2. The molecule has 19 nitrogen and oxygen atoms in total. The van der Waals surface area contributed by atoms with Crippen LogP contribution in [0, 0.1) is 11.8 Å². The number of thioether (sulfide) groups is 1. The first-order valence-electron chi connectivity index (χ1n) is 27.4. The smallest absolute Gasteiger partial charge is 0.430 e. The number of carboxylic acid groups (broad SMARTS) is 1. The molecule has 2 aromatic heterocycles. The highest BCUT2D eigenvalue weighted by atomic mass is 32.2. The Bertz CT molecular complexity index is 3080. The number of benzene rings is 2. The van der Waals surface area contributed by atoms with Gasteiger partial charge in [-0.05, 0) is 91.8 Å². The summed E-state index contributed by atoms with van der Waals surface area (Å²) in [5.41, 5.74) is 1.34. The molecule has 2 aromatic carbocycles. The van der Waals surface area contributed by atoms with E-state index < -0.39 is 59.1 Å². The van der Waals surface area contributed by atoms with Crippen molar-refractivity contribution in [3.8, 4) is 0 Å². The van der Waals surface area contributed by atoms with Crippen LogP contribution in [-0.4, -0.2) is 127 Å². The lowest BCUT2D eigenvalue weighted by Gasteiger charge is -2.44. The standard InChI is InChI=1S/C55H67F3N10O7S.C2HF3O2/c1-7-76-47-25-39(54(31-75-32-54)26-45-64-59-33-65(45)6)24-44(62-47)67-27-42-41(53(67)74)22-38(23-43(42)55(56,57)58)30-68(21-11-12-35(4)28-68)29-37-14-16-40(17-15-37)61-51(72)36(5)60-52(73)50(34(2)3)63-46(69)13-9-8-10-20-66-48(70)18-19-49(66)71;3-2(4,5)1(6)7/h14-19,22-25,33-36,50H,7-13,20-21,26-32H2,1-6H3,(H2-,60,61,63,69,72,73);(H,6,7)/t35-,36-,50-,68?;/m0./s1. The molecule has 4 aromatic rings. The molecule has 0 spiro atoms. The maximum Gasteiger partial charge on any atom is 0.430 e. The van der Waals surface area contributed by atoms with Crippen LogP contribution in [0.2, 0.25) is 0 Å². The number of rotatable bonds is 22. The summed E-state index contributed by atoms with van der Waals surface area (Å²) < 4.78 is 85.2. The average molecular weight is 1180 g/mol. The van der Waals surface area contributed by atoms with Crippen molar-refractivity contribution >= 4 is 64.7 Å². The van der Waals surface area contributed by atoms with Gasteiger partial charge >= 0.3 is 12.4 Å². The van der Waals surface area contributed by atoms with Gasteiger partial charge in [0.2, 0.25) is 17.7 Å². The number of piperidine rings is 1. The summed E-state index contributed by atoms with van der Waals surface area (Å²) in [5.74, 6) is -3.79. The van der Waals surface area contributed by atoms with Crippen molar-refractivity contribution in [1.82, 2.24) is 35.3 Å². The number of nitrogens with one attached hydrogen (secondary N) is 3. The molecule has 4 atom stereocenters. The molecule has 1 unspecified atom stereocenters. The number of fused-ring (bicyclic) bond motifs is 1. The largest absolute Gasteiger partial charge is 0.542 e. The Labute approximate surface area is 480 Å². The topological polar surface area (TPSA) is 238 Å².